The van der Waals surface area contributed by atoms with Gasteiger partial charge in [-0.1, -0.05) is 23.2 Å². The molecule has 110 valence electrons. The third kappa shape index (κ3) is 4.98. The van der Waals surface area contributed by atoms with E-state index in [9.17, 15) is 9.59 Å². The molecule has 0 fully saturated rings. The molecule has 1 atom stereocenters. The third-order valence-corrected chi connectivity index (χ3v) is 2.65. The van der Waals surface area contributed by atoms with Gasteiger partial charge in [-0.2, -0.15) is 0 Å². The molecule has 1 aromatic heterocycles. The second kappa shape index (κ2) is 6.41. The molecule has 0 aliphatic carbocycles. The maximum absolute atomic E-state index is 12.0. The second-order valence-corrected chi connectivity index (χ2v) is 5.99. The number of pyridine rings is 1. The molecular weight excluding hydrogens is 303 g/mol. The van der Waals surface area contributed by atoms with E-state index in [1.807, 2.05) is 0 Å². The molecule has 5 nitrogen and oxygen atoms in total. The number of carbonyl (C=O) groups excluding carboxylic acids is 2. The van der Waals surface area contributed by atoms with Crippen LogP contribution >= 0.6 is 23.2 Å². The molecule has 1 rings (SSSR count). The number of carbonyl (C=O) groups is 2. The Hall–Kier alpha value is -1.33. The fraction of sp³-hybridized carbons (Fsp3) is 0.462. The van der Waals surface area contributed by atoms with Gasteiger partial charge < -0.3 is 10.1 Å². The van der Waals surface area contributed by atoms with Crippen LogP contribution in [0.1, 0.15) is 38.2 Å². The summed E-state index contributed by atoms with van der Waals surface area (Å²) in [7, 11) is 0. The predicted octanol–water partition coefficient (Wildman–Crippen LogP) is 2.85. The molecule has 1 N–H and O–H groups in total. The highest BCUT2D eigenvalue weighted by atomic mass is 35.5. The monoisotopic (exact) mass is 318 g/mol. The SMILES string of the molecule is C[C@H](NC(=O)c1nc(Cl)ccc1Cl)C(=O)OC(C)(C)C. The van der Waals surface area contributed by atoms with Crippen LogP contribution in [0.15, 0.2) is 12.1 Å². The van der Waals surface area contributed by atoms with Crippen molar-refractivity contribution < 1.29 is 14.3 Å². The van der Waals surface area contributed by atoms with Gasteiger partial charge in [0.05, 0.1) is 5.02 Å². The number of ether oxygens (including phenoxy) is 1. The number of aromatic nitrogens is 1. The van der Waals surface area contributed by atoms with E-state index in [0.29, 0.717) is 0 Å². The summed E-state index contributed by atoms with van der Waals surface area (Å²) in [6.45, 7) is 6.75. The van der Waals surface area contributed by atoms with E-state index in [0.717, 1.165) is 0 Å². The highest BCUT2D eigenvalue weighted by molar-refractivity contribution is 6.34. The smallest absolute Gasteiger partial charge is 0.328 e. The zero-order chi connectivity index (χ0) is 15.5. The lowest BCUT2D eigenvalue weighted by Crippen LogP contribution is -2.42. The van der Waals surface area contributed by atoms with Gasteiger partial charge in [0.25, 0.3) is 5.91 Å². The second-order valence-electron chi connectivity index (χ2n) is 5.19. The molecule has 20 heavy (non-hydrogen) atoms. The van der Waals surface area contributed by atoms with Crippen molar-refractivity contribution in [1.29, 1.82) is 0 Å². The van der Waals surface area contributed by atoms with Gasteiger partial charge >= 0.3 is 5.97 Å². The van der Waals surface area contributed by atoms with Crippen LogP contribution < -0.4 is 5.32 Å². The van der Waals surface area contributed by atoms with E-state index in [4.69, 9.17) is 27.9 Å². The highest BCUT2D eigenvalue weighted by Gasteiger charge is 2.24. The van der Waals surface area contributed by atoms with Gasteiger partial charge in [0.15, 0.2) is 0 Å². The Morgan fingerprint density at radius 2 is 1.90 bits per heavy atom. The molecule has 0 unspecified atom stereocenters. The highest BCUT2D eigenvalue weighted by Crippen LogP contribution is 2.17. The molecular formula is C13H16Cl2N2O3. The maximum atomic E-state index is 12.0. The standard InChI is InChI=1S/C13H16Cl2N2O3/c1-7(12(19)20-13(2,3)4)16-11(18)10-8(14)5-6-9(15)17-10/h5-7H,1-4H3,(H,16,18)/t7-/m0/s1. The maximum Gasteiger partial charge on any atom is 0.328 e. The summed E-state index contributed by atoms with van der Waals surface area (Å²) in [4.78, 5) is 27.6. The van der Waals surface area contributed by atoms with E-state index in [1.54, 1.807) is 20.8 Å². The van der Waals surface area contributed by atoms with Gasteiger partial charge in [0.1, 0.15) is 22.5 Å². The molecule has 0 spiro atoms. The summed E-state index contributed by atoms with van der Waals surface area (Å²) in [6, 6.07) is 2.11. The molecule has 0 radical (unpaired) electrons. The third-order valence-electron chi connectivity index (χ3n) is 2.14. The Balaban J connectivity index is 2.75. The number of halogens is 2. The summed E-state index contributed by atoms with van der Waals surface area (Å²) in [6.07, 6.45) is 0. The fourth-order valence-electron chi connectivity index (χ4n) is 1.29. The molecule has 0 aliphatic heterocycles. The summed E-state index contributed by atoms with van der Waals surface area (Å²) >= 11 is 11.6. The average molecular weight is 319 g/mol. The first-order valence-corrected chi connectivity index (χ1v) is 6.71. The Morgan fingerprint density at radius 1 is 1.30 bits per heavy atom. The first kappa shape index (κ1) is 16.7. The minimum absolute atomic E-state index is 0.0328. The lowest BCUT2D eigenvalue weighted by Gasteiger charge is -2.22. The Labute approximate surface area is 127 Å². The van der Waals surface area contributed by atoms with Crippen molar-refractivity contribution in [2.45, 2.75) is 39.3 Å². The minimum Gasteiger partial charge on any atom is -0.458 e. The molecule has 0 saturated carbocycles. The first-order valence-electron chi connectivity index (χ1n) is 5.96. The summed E-state index contributed by atoms with van der Waals surface area (Å²) in [5.74, 6) is -1.13. The molecule has 1 heterocycles. The number of nitrogens with one attached hydrogen (secondary N) is 1. The van der Waals surface area contributed by atoms with E-state index in [2.05, 4.69) is 10.3 Å². The molecule has 0 aromatic carbocycles. The number of hydrogen-bond acceptors (Lipinski definition) is 4. The largest absolute Gasteiger partial charge is 0.458 e. The van der Waals surface area contributed by atoms with Gasteiger partial charge in [-0.25, -0.2) is 9.78 Å². The Kier molecular flexibility index (Phi) is 5.36. The topological polar surface area (TPSA) is 68.3 Å². The van der Waals surface area contributed by atoms with Gasteiger partial charge in [-0.05, 0) is 39.8 Å². The van der Waals surface area contributed by atoms with Crippen molar-refractivity contribution in [3.8, 4) is 0 Å². The zero-order valence-electron chi connectivity index (χ0n) is 11.7. The van der Waals surface area contributed by atoms with Crippen LogP contribution in [-0.4, -0.2) is 28.5 Å². The van der Waals surface area contributed by atoms with E-state index >= 15 is 0 Å². The van der Waals surface area contributed by atoms with Crippen molar-refractivity contribution in [1.82, 2.24) is 10.3 Å². The quantitative estimate of drug-likeness (QED) is 0.687. The van der Waals surface area contributed by atoms with Crippen LogP contribution in [0.4, 0.5) is 0 Å². The van der Waals surface area contributed by atoms with Crippen LogP contribution in [0.2, 0.25) is 10.2 Å². The van der Waals surface area contributed by atoms with Crippen LogP contribution in [0.5, 0.6) is 0 Å². The van der Waals surface area contributed by atoms with Crippen molar-refractivity contribution >= 4 is 35.1 Å². The molecule has 1 amide bonds. The van der Waals surface area contributed by atoms with Crippen molar-refractivity contribution in [3.05, 3.63) is 28.0 Å². The predicted molar refractivity (Wildman–Crippen MR) is 77.0 cm³/mol. The number of amides is 1. The molecule has 7 heteroatoms. The summed E-state index contributed by atoms with van der Waals surface area (Å²) < 4.78 is 5.16. The molecule has 0 aliphatic rings. The van der Waals surface area contributed by atoms with Gasteiger partial charge in [-0.3, -0.25) is 4.79 Å². The van der Waals surface area contributed by atoms with Crippen LogP contribution in [-0.2, 0) is 9.53 Å². The Morgan fingerprint density at radius 3 is 2.45 bits per heavy atom. The van der Waals surface area contributed by atoms with Crippen molar-refractivity contribution in [2.24, 2.45) is 0 Å². The van der Waals surface area contributed by atoms with Crippen LogP contribution in [0.3, 0.4) is 0 Å². The zero-order valence-corrected chi connectivity index (χ0v) is 13.2. The average Bonchev–Trinajstić information content (AvgIpc) is 2.29. The molecule has 0 saturated heterocycles. The van der Waals surface area contributed by atoms with Crippen LogP contribution in [0, 0.1) is 0 Å². The van der Waals surface area contributed by atoms with Crippen LogP contribution in [0.25, 0.3) is 0 Å². The lowest BCUT2D eigenvalue weighted by molar-refractivity contribution is -0.156. The normalized spacial score (nSPS) is 12.7. The summed E-state index contributed by atoms with van der Waals surface area (Å²) in [5, 5.41) is 2.77. The van der Waals surface area contributed by atoms with E-state index in [1.165, 1.54) is 19.1 Å². The number of hydrogen-bond donors (Lipinski definition) is 1. The van der Waals surface area contributed by atoms with E-state index < -0.39 is 23.5 Å². The molecule has 1 aromatic rings. The minimum atomic E-state index is -0.821. The number of esters is 1. The van der Waals surface area contributed by atoms with Crippen molar-refractivity contribution in [2.75, 3.05) is 0 Å². The molecule has 0 bridgehead atoms. The van der Waals surface area contributed by atoms with Gasteiger partial charge in [0, 0.05) is 0 Å². The van der Waals surface area contributed by atoms with Gasteiger partial charge in [-0.15, -0.1) is 0 Å². The number of rotatable bonds is 3. The van der Waals surface area contributed by atoms with E-state index in [-0.39, 0.29) is 15.9 Å². The first-order chi connectivity index (χ1) is 9.10. The van der Waals surface area contributed by atoms with Gasteiger partial charge in [0.2, 0.25) is 0 Å². The number of nitrogens with zero attached hydrogens (tertiary/aromatic N) is 1. The Bertz CT molecular complexity index is 527. The summed E-state index contributed by atoms with van der Waals surface area (Å²) in [5.41, 5.74) is -0.656. The lowest BCUT2D eigenvalue weighted by atomic mass is 10.2. The fourth-order valence-corrected chi connectivity index (χ4v) is 1.63. The van der Waals surface area contributed by atoms with Crippen molar-refractivity contribution in [3.63, 3.8) is 0 Å².